The third kappa shape index (κ3) is 2.39. The highest BCUT2D eigenvalue weighted by Gasteiger charge is 2.28. The minimum absolute atomic E-state index is 0.252. The van der Waals surface area contributed by atoms with Gasteiger partial charge in [0.1, 0.15) is 0 Å². The van der Waals surface area contributed by atoms with E-state index >= 15 is 0 Å². The number of nitrogens with one attached hydrogen (secondary N) is 1. The lowest BCUT2D eigenvalue weighted by molar-refractivity contribution is 0.534. The summed E-state index contributed by atoms with van der Waals surface area (Å²) < 4.78 is 0. The summed E-state index contributed by atoms with van der Waals surface area (Å²) in [4.78, 5) is 4.74. The van der Waals surface area contributed by atoms with E-state index in [1.807, 2.05) is 11.8 Å². The molecule has 0 spiro atoms. The van der Waals surface area contributed by atoms with Crippen LogP contribution in [-0.2, 0) is 0 Å². The molecule has 13 heavy (non-hydrogen) atoms. The zero-order valence-corrected chi connectivity index (χ0v) is 9.28. The fourth-order valence-corrected chi connectivity index (χ4v) is 3.02. The Bertz CT molecular complexity index is 217. The normalized spacial score (nSPS) is 31.1. The summed E-state index contributed by atoms with van der Waals surface area (Å²) in [5.41, 5.74) is 0.252. The molecule has 0 atom stereocenters. The van der Waals surface area contributed by atoms with E-state index in [1.54, 1.807) is 0 Å². The molecule has 1 saturated heterocycles. The van der Waals surface area contributed by atoms with Crippen LogP contribution in [0.25, 0.3) is 0 Å². The van der Waals surface area contributed by atoms with Crippen molar-refractivity contribution in [2.45, 2.75) is 51.1 Å². The molecule has 2 aliphatic rings. The maximum absolute atomic E-state index is 4.74. The van der Waals surface area contributed by atoms with Gasteiger partial charge in [-0.25, -0.2) is 0 Å². The Morgan fingerprint density at radius 3 is 2.62 bits per heavy atom. The van der Waals surface area contributed by atoms with Gasteiger partial charge in [-0.2, -0.15) is 0 Å². The molecular formula is C10H18N2S. The van der Waals surface area contributed by atoms with Crippen molar-refractivity contribution in [3.63, 3.8) is 0 Å². The Morgan fingerprint density at radius 2 is 2.08 bits per heavy atom. The van der Waals surface area contributed by atoms with Crippen LogP contribution in [0.1, 0.15) is 39.5 Å². The molecule has 3 heteroatoms. The number of hydrogen-bond donors (Lipinski definition) is 1. The molecule has 2 nitrogen and oxygen atoms in total. The Kier molecular flexibility index (Phi) is 2.54. The van der Waals surface area contributed by atoms with Crippen molar-refractivity contribution in [3.05, 3.63) is 0 Å². The first-order valence-electron chi connectivity index (χ1n) is 5.14. The number of aliphatic imine (C=N–C) groups is 1. The van der Waals surface area contributed by atoms with E-state index in [0.29, 0.717) is 6.04 Å². The van der Waals surface area contributed by atoms with E-state index < -0.39 is 0 Å². The van der Waals surface area contributed by atoms with Gasteiger partial charge in [0.05, 0.1) is 6.04 Å². The Morgan fingerprint density at radius 1 is 1.38 bits per heavy atom. The van der Waals surface area contributed by atoms with E-state index in [1.165, 1.54) is 30.9 Å². The van der Waals surface area contributed by atoms with Crippen molar-refractivity contribution in [2.24, 2.45) is 4.99 Å². The first kappa shape index (κ1) is 9.38. The average Bonchev–Trinajstić information content (AvgIpc) is 2.61. The molecule has 0 unspecified atom stereocenters. The molecule has 1 aliphatic carbocycles. The molecule has 0 aromatic carbocycles. The van der Waals surface area contributed by atoms with Crippen LogP contribution in [0.2, 0.25) is 0 Å². The van der Waals surface area contributed by atoms with Crippen LogP contribution in [-0.4, -0.2) is 22.5 Å². The smallest absolute Gasteiger partial charge is 0.157 e. The zero-order chi connectivity index (χ0) is 9.31. The standard InChI is InChI=1S/C10H18N2S/c1-10(2)7-13-9(12-10)11-8-5-3-4-6-8/h8H,3-7H2,1-2H3,(H,11,12). The van der Waals surface area contributed by atoms with E-state index in [2.05, 4.69) is 19.2 Å². The number of hydrogen-bond acceptors (Lipinski definition) is 2. The van der Waals surface area contributed by atoms with Crippen LogP contribution in [0, 0.1) is 0 Å². The molecule has 0 aromatic rings. The number of amidine groups is 1. The Hall–Kier alpha value is -0.180. The van der Waals surface area contributed by atoms with Gasteiger partial charge < -0.3 is 5.32 Å². The van der Waals surface area contributed by atoms with Gasteiger partial charge in [-0.1, -0.05) is 24.6 Å². The van der Waals surface area contributed by atoms with Gasteiger partial charge in [0.25, 0.3) is 0 Å². The minimum atomic E-state index is 0.252. The lowest BCUT2D eigenvalue weighted by Gasteiger charge is -2.16. The quantitative estimate of drug-likeness (QED) is 0.699. The maximum Gasteiger partial charge on any atom is 0.157 e. The lowest BCUT2D eigenvalue weighted by atomic mass is 10.1. The Balaban J connectivity index is 1.94. The van der Waals surface area contributed by atoms with Crippen LogP contribution in [0.4, 0.5) is 0 Å². The average molecular weight is 198 g/mol. The fraction of sp³-hybridized carbons (Fsp3) is 0.900. The highest BCUT2D eigenvalue weighted by molar-refractivity contribution is 8.14. The summed E-state index contributed by atoms with van der Waals surface area (Å²) in [6.45, 7) is 4.47. The zero-order valence-electron chi connectivity index (χ0n) is 8.47. The molecule has 1 N–H and O–H groups in total. The monoisotopic (exact) mass is 198 g/mol. The van der Waals surface area contributed by atoms with Crippen molar-refractivity contribution in [1.29, 1.82) is 0 Å². The van der Waals surface area contributed by atoms with Crippen LogP contribution < -0.4 is 5.32 Å². The second kappa shape index (κ2) is 3.52. The molecule has 1 heterocycles. The number of rotatable bonds is 1. The van der Waals surface area contributed by atoms with Gasteiger partial charge >= 0.3 is 0 Å². The van der Waals surface area contributed by atoms with Crippen LogP contribution >= 0.6 is 11.8 Å². The summed E-state index contributed by atoms with van der Waals surface area (Å²) >= 11 is 1.88. The van der Waals surface area contributed by atoms with Gasteiger partial charge in [0, 0.05) is 11.3 Å². The minimum Gasteiger partial charge on any atom is -0.359 e. The van der Waals surface area contributed by atoms with Gasteiger partial charge in [0.15, 0.2) is 5.17 Å². The van der Waals surface area contributed by atoms with Gasteiger partial charge in [0.2, 0.25) is 0 Å². The molecule has 1 saturated carbocycles. The summed E-state index contributed by atoms with van der Waals surface area (Å²) in [5, 5.41) is 4.65. The molecule has 0 bridgehead atoms. The van der Waals surface area contributed by atoms with E-state index in [0.717, 1.165) is 5.75 Å². The Labute approximate surface area is 84.6 Å². The maximum atomic E-state index is 4.74. The first-order valence-corrected chi connectivity index (χ1v) is 6.13. The summed E-state index contributed by atoms with van der Waals surface area (Å²) in [6, 6.07) is 0.615. The highest BCUT2D eigenvalue weighted by Crippen LogP contribution is 2.26. The topological polar surface area (TPSA) is 24.4 Å². The predicted molar refractivity (Wildman–Crippen MR) is 59.4 cm³/mol. The van der Waals surface area contributed by atoms with Gasteiger partial charge in [-0.05, 0) is 26.7 Å². The highest BCUT2D eigenvalue weighted by atomic mass is 32.2. The molecule has 1 aliphatic heterocycles. The lowest BCUT2D eigenvalue weighted by Crippen LogP contribution is -2.37. The number of thioether (sulfide) groups is 1. The molecule has 2 rings (SSSR count). The van der Waals surface area contributed by atoms with E-state index in [9.17, 15) is 0 Å². The molecule has 74 valence electrons. The first-order chi connectivity index (χ1) is 6.16. The fourth-order valence-electron chi connectivity index (χ4n) is 1.88. The van der Waals surface area contributed by atoms with Crippen molar-refractivity contribution >= 4 is 16.9 Å². The van der Waals surface area contributed by atoms with Crippen molar-refractivity contribution < 1.29 is 0 Å². The second-order valence-electron chi connectivity index (χ2n) is 4.67. The SMILES string of the molecule is CC1(C)CSC(=NC2CCCC2)N1. The largest absolute Gasteiger partial charge is 0.359 e. The van der Waals surface area contributed by atoms with Crippen molar-refractivity contribution in [3.8, 4) is 0 Å². The third-order valence-corrected chi connectivity index (χ3v) is 3.99. The van der Waals surface area contributed by atoms with Gasteiger partial charge in [-0.3, -0.25) is 4.99 Å². The summed E-state index contributed by atoms with van der Waals surface area (Å²) in [5.74, 6) is 1.15. The van der Waals surface area contributed by atoms with E-state index in [-0.39, 0.29) is 5.54 Å². The molecule has 0 aromatic heterocycles. The second-order valence-corrected chi connectivity index (χ2v) is 5.63. The van der Waals surface area contributed by atoms with E-state index in [4.69, 9.17) is 4.99 Å². The summed E-state index contributed by atoms with van der Waals surface area (Å²) in [7, 11) is 0. The van der Waals surface area contributed by atoms with Crippen LogP contribution in [0.15, 0.2) is 4.99 Å². The van der Waals surface area contributed by atoms with Crippen LogP contribution in [0.3, 0.4) is 0 Å². The molecule has 2 fully saturated rings. The third-order valence-electron chi connectivity index (χ3n) is 2.64. The van der Waals surface area contributed by atoms with Crippen molar-refractivity contribution in [1.82, 2.24) is 5.32 Å². The predicted octanol–water partition coefficient (Wildman–Crippen LogP) is 2.40. The van der Waals surface area contributed by atoms with Gasteiger partial charge in [-0.15, -0.1) is 0 Å². The molecular weight excluding hydrogens is 180 g/mol. The summed E-state index contributed by atoms with van der Waals surface area (Å²) in [6.07, 6.45) is 5.34. The number of nitrogens with zero attached hydrogens (tertiary/aromatic N) is 1. The molecule has 0 radical (unpaired) electrons. The molecule has 0 amide bonds. The van der Waals surface area contributed by atoms with Crippen molar-refractivity contribution in [2.75, 3.05) is 5.75 Å². The van der Waals surface area contributed by atoms with Crippen LogP contribution in [0.5, 0.6) is 0 Å².